The Labute approximate surface area is 88.9 Å². The van der Waals surface area contributed by atoms with Gasteiger partial charge in [-0.2, -0.15) is 5.26 Å². The number of aromatic nitrogens is 3. The van der Waals surface area contributed by atoms with Crippen LogP contribution in [-0.2, 0) is 13.0 Å². The Kier molecular flexibility index (Phi) is 1.54. The second kappa shape index (κ2) is 2.60. The van der Waals surface area contributed by atoms with E-state index in [1.54, 1.807) is 0 Å². The Morgan fingerprint density at radius 2 is 2.27 bits per heavy atom. The minimum Gasteiger partial charge on any atom is -0.252 e. The Morgan fingerprint density at radius 1 is 1.53 bits per heavy atom. The van der Waals surface area contributed by atoms with Crippen molar-refractivity contribution in [3.63, 3.8) is 0 Å². The third-order valence-electron chi connectivity index (χ3n) is 3.82. The lowest BCUT2D eigenvalue weighted by Gasteiger charge is -2.67. The molecule has 1 aromatic rings. The van der Waals surface area contributed by atoms with Gasteiger partial charge in [0.2, 0.25) is 0 Å². The topological polar surface area (TPSA) is 54.5 Å². The molecule has 0 saturated heterocycles. The quantitative estimate of drug-likeness (QED) is 0.747. The summed E-state index contributed by atoms with van der Waals surface area (Å²) >= 11 is 0. The molecular weight excluding hydrogens is 188 g/mol. The molecule has 3 aliphatic carbocycles. The van der Waals surface area contributed by atoms with Crippen molar-refractivity contribution in [1.82, 2.24) is 15.0 Å². The molecule has 0 atom stereocenters. The van der Waals surface area contributed by atoms with Crippen LogP contribution in [0.3, 0.4) is 0 Å². The zero-order valence-electron chi connectivity index (χ0n) is 8.90. The zero-order valence-corrected chi connectivity index (χ0v) is 8.90. The highest BCUT2D eigenvalue weighted by atomic mass is 15.4. The molecule has 0 aliphatic heterocycles. The third kappa shape index (κ3) is 1.12. The van der Waals surface area contributed by atoms with Crippen LogP contribution >= 0.6 is 0 Å². The summed E-state index contributed by atoms with van der Waals surface area (Å²) in [7, 11) is 0. The van der Waals surface area contributed by atoms with Crippen LogP contribution in [-0.4, -0.2) is 15.0 Å². The van der Waals surface area contributed by atoms with Gasteiger partial charge < -0.3 is 0 Å². The molecule has 1 heterocycles. The van der Waals surface area contributed by atoms with Crippen LogP contribution in [0.5, 0.6) is 0 Å². The first-order valence-electron chi connectivity index (χ1n) is 5.50. The van der Waals surface area contributed by atoms with E-state index in [-0.39, 0.29) is 5.41 Å². The molecule has 0 amide bonds. The van der Waals surface area contributed by atoms with Crippen molar-refractivity contribution < 1.29 is 0 Å². The number of nitriles is 1. The lowest BCUT2D eigenvalue weighted by atomic mass is 9.36. The van der Waals surface area contributed by atoms with Gasteiger partial charge in [-0.05, 0) is 31.1 Å². The van der Waals surface area contributed by atoms with Gasteiger partial charge in [-0.1, -0.05) is 12.1 Å². The van der Waals surface area contributed by atoms with E-state index in [1.807, 2.05) is 10.9 Å². The molecule has 1 aromatic heterocycles. The molecule has 4 heteroatoms. The van der Waals surface area contributed by atoms with Gasteiger partial charge in [0.25, 0.3) is 0 Å². The molecule has 4 rings (SSSR count). The molecule has 3 aliphatic rings. The first kappa shape index (κ1) is 8.90. The van der Waals surface area contributed by atoms with Gasteiger partial charge in [0.1, 0.15) is 0 Å². The fraction of sp³-hybridized carbons (Fsp3) is 0.727. The van der Waals surface area contributed by atoms with Crippen LogP contribution in [0.2, 0.25) is 0 Å². The fourth-order valence-electron chi connectivity index (χ4n) is 3.21. The largest absolute Gasteiger partial charge is 0.252 e. The molecule has 78 valence electrons. The molecule has 0 aromatic carbocycles. The number of rotatable bonds is 3. The number of nitrogens with zero attached hydrogens (tertiary/aromatic N) is 4. The molecule has 0 unspecified atom stereocenters. The first-order valence-corrected chi connectivity index (χ1v) is 5.50. The zero-order chi connectivity index (χ0) is 10.5. The summed E-state index contributed by atoms with van der Waals surface area (Å²) in [6.45, 7) is 3.03. The van der Waals surface area contributed by atoms with E-state index in [1.165, 1.54) is 0 Å². The highest BCUT2D eigenvalue weighted by Crippen LogP contribution is 2.73. The van der Waals surface area contributed by atoms with Gasteiger partial charge in [0.05, 0.1) is 17.2 Å². The summed E-state index contributed by atoms with van der Waals surface area (Å²) in [5.41, 5.74) is 1.49. The van der Waals surface area contributed by atoms with E-state index in [2.05, 4.69) is 23.3 Å². The Bertz CT molecular complexity index is 420. The van der Waals surface area contributed by atoms with Gasteiger partial charge in [-0.25, -0.2) is 0 Å². The molecule has 4 nitrogen and oxygen atoms in total. The molecular formula is C11H14N4. The van der Waals surface area contributed by atoms with Crippen molar-refractivity contribution >= 4 is 0 Å². The lowest BCUT2D eigenvalue weighted by Crippen LogP contribution is -2.62. The highest BCUT2D eigenvalue weighted by Gasteiger charge is 2.68. The Morgan fingerprint density at radius 3 is 2.80 bits per heavy atom. The average Bonchev–Trinajstić information content (AvgIpc) is 2.56. The van der Waals surface area contributed by atoms with E-state index in [0.717, 1.165) is 37.9 Å². The minimum absolute atomic E-state index is 0.0498. The van der Waals surface area contributed by atoms with Crippen molar-refractivity contribution in [1.29, 1.82) is 5.26 Å². The van der Waals surface area contributed by atoms with E-state index < -0.39 is 0 Å². The summed E-state index contributed by atoms with van der Waals surface area (Å²) in [4.78, 5) is 0. The Balaban J connectivity index is 1.67. The van der Waals surface area contributed by atoms with E-state index >= 15 is 0 Å². The lowest BCUT2D eigenvalue weighted by molar-refractivity contribution is -0.174. The van der Waals surface area contributed by atoms with Crippen LogP contribution < -0.4 is 0 Å². The summed E-state index contributed by atoms with van der Waals surface area (Å²) in [6.07, 6.45) is 6.17. The van der Waals surface area contributed by atoms with Crippen molar-refractivity contribution in [2.45, 2.75) is 39.2 Å². The number of hydrogen-bond donors (Lipinski definition) is 0. The third-order valence-corrected chi connectivity index (χ3v) is 3.82. The normalized spacial score (nSPS) is 36.5. The fourth-order valence-corrected chi connectivity index (χ4v) is 3.21. The molecule has 0 spiro atoms. The van der Waals surface area contributed by atoms with E-state index in [9.17, 15) is 0 Å². The first-order chi connectivity index (χ1) is 7.19. The van der Waals surface area contributed by atoms with Gasteiger partial charge >= 0.3 is 0 Å². The summed E-state index contributed by atoms with van der Waals surface area (Å²) in [5.74, 6) is 0. The highest BCUT2D eigenvalue weighted by molar-refractivity contribution is 5.25. The van der Waals surface area contributed by atoms with Crippen molar-refractivity contribution in [2.75, 3.05) is 0 Å². The van der Waals surface area contributed by atoms with Crippen LogP contribution in [0.15, 0.2) is 6.20 Å². The molecule has 0 radical (unpaired) electrons. The molecule has 3 fully saturated rings. The smallest absolute Gasteiger partial charge is 0.0824 e. The maximum Gasteiger partial charge on any atom is 0.0824 e. The predicted molar refractivity (Wildman–Crippen MR) is 53.7 cm³/mol. The van der Waals surface area contributed by atoms with Crippen molar-refractivity contribution in [3.05, 3.63) is 11.9 Å². The van der Waals surface area contributed by atoms with Crippen LogP contribution in [0.1, 0.15) is 31.9 Å². The monoisotopic (exact) mass is 202 g/mol. The summed E-state index contributed by atoms with van der Waals surface area (Å²) < 4.78 is 1.94. The van der Waals surface area contributed by atoms with Crippen molar-refractivity contribution in [2.24, 2.45) is 10.8 Å². The second-order valence-electron chi connectivity index (χ2n) is 5.18. The molecule has 0 N–H and O–H groups in total. The molecule has 15 heavy (non-hydrogen) atoms. The predicted octanol–water partition coefficient (Wildman–Crippen LogP) is 1.53. The molecule has 2 bridgehead atoms. The summed E-state index contributed by atoms with van der Waals surface area (Å²) in [6, 6.07) is 2.43. The second-order valence-corrected chi connectivity index (χ2v) is 5.18. The van der Waals surface area contributed by atoms with Gasteiger partial charge in [-0.15, -0.1) is 5.10 Å². The van der Waals surface area contributed by atoms with Gasteiger partial charge in [-0.3, -0.25) is 4.68 Å². The van der Waals surface area contributed by atoms with Gasteiger partial charge in [0, 0.05) is 12.7 Å². The summed E-state index contributed by atoms with van der Waals surface area (Å²) in [5, 5.41) is 17.1. The maximum absolute atomic E-state index is 8.92. The SMILES string of the molecule is CCc1cn(CC23CC(C#N)(C2)C3)nn1. The number of aryl methyl sites for hydroxylation is 1. The standard InChI is InChI=1S/C11H14N4/c1-2-9-3-15(14-13-9)8-11-4-10(5-11,6-11)7-12/h3H,2,4-6,8H2,1H3. The molecule has 3 saturated carbocycles. The van der Waals surface area contributed by atoms with Crippen LogP contribution in [0.4, 0.5) is 0 Å². The van der Waals surface area contributed by atoms with Crippen LogP contribution in [0, 0.1) is 22.2 Å². The van der Waals surface area contributed by atoms with Crippen LogP contribution in [0.25, 0.3) is 0 Å². The number of hydrogen-bond acceptors (Lipinski definition) is 3. The minimum atomic E-state index is 0.0498. The van der Waals surface area contributed by atoms with E-state index in [0.29, 0.717) is 5.41 Å². The Hall–Kier alpha value is -1.37. The average molecular weight is 202 g/mol. The van der Waals surface area contributed by atoms with E-state index in [4.69, 9.17) is 5.26 Å². The van der Waals surface area contributed by atoms with Crippen molar-refractivity contribution in [3.8, 4) is 6.07 Å². The van der Waals surface area contributed by atoms with Gasteiger partial charge in [0.15, 0.2) is 0 Å². The maximum atomic E-state index is 8.92.